The van der Waals surface area contributed by atoms with E-state index in [2.05, 4.69) is 0 Å². The molecule has 0 aromatic heterocycles. The molecule has 2 aromatic rings. The van der Waals surface area contributed by atoms with E-state index >= 15 is 0 Å². The third-order valence-corrected chi connectivity index (χ3v) is 9.72. The molecule has 0 spiro atoms. The van der Waals surface area contributed by atoms with Crippen LogP contribution in [0.2, 0.25) is 5.02 Å². The van der Waals surface area contributed by atoms with E-state index in [-0.39, 0.29) is 22.9 Å². The van der Waals surface area contributed by atoms with Crippen LogP contribution < -0.4 is 0 Å². The number of aliphatic carboxylic acids is 1. The molecule has 0 bridgehead atoms. The number of carboxylic acids is 1. The molecule has 1 saturated heterocycles. The molecule has 1 amide bonds. The first-order valence-electron chi connectivity index (χ1n) is 13.6. The van der Waals surface area contributed by atoms with Crippen LogP contribution in [0.3, 0.4) is 0 Å². The minimum atomic E-state index is -5.07. The lowest BCUT2D eigenvalue weighted by molar-refractivity contribution is -0.228. The smallest absolute Gasteiger partial charge is 0.426 e. The van der Waals surface area contributed by atoms with E-state index < -0.39 is 40.5 Å². The molecule has 2 aromatic carbocycles. The van der Waals surface area contributed by atoms with Gasteiger partial charge in [0.25, 0.3) is 0 Å². The van der Waals surface area contributed by atoms with Crippen LogP contribution in [0, 0.1) is 17.7 Å². The molecule has 2 aliphatic carbocycles. The molecular formula is C30H31ClF5NO3. The van der Waals surface area contributed by atoms with E-state index in [9.17, 15) is 36.6 Å². The molecule has 4 nitrogen and oxygen atoms in total. The number of aryl methyl sites for hydroxylation is 1. The van der Waals surface area contributed by atoms with Crippen LogP contribution in [0.5, 0.6) is 0 Å². The fourth-order valence-corrected chi connectivity index (χ4v) is 7.33. The monoisotopic (exact) mass is 583 g/mol. The standard InChI is InChI=1S/C30H31ClF5NO3/c1-28(33,30(34,35)36)21-8-9-22-20(15-21)7-11-25-29(22,16-17-2-10-24(32)23(31)14-17)12-13-37(25)26(38)18-3-5-19(6-4-18)27(39)40/h2,8-10,14-15,18-19,25H,3-7,11-13,16H2,1H3,(H,39,40)/t18-,19-,25?,28?,29?. The Kier molecular flexibility index (Phi) is 7.43. The Morgan fingerprint density at radius 3 is 2.33 bits per heavy atom. The maximum Gasteiger partial charge on any atom is 0.426 e. The Balaban J connectivity index is 1.51. The van der Waals surface area contributed by atoms with Crippen LogP contribution in [0.25, 0.3) is 0 Å². The summed E-state index contributed by atoms with van der Waals surface area (Å²) in [5.41, 5.74) is -2.52. The Hall–Kier alpha value is -2.68. The number of halogens is 6. The summed E-state index contributed by atoms with van der Waals surface area (Å²) in [6, 6.07) is 8.21. The highest BCUT2D eigenvalue weighted by atomic mass is 35.5. The fourth-order valence-electron chi connectivity index (χ4n) is 7.12. The number of alkyl halides is 4. The van der Waals surface area contributed by atoms with Gasteiger partial charge in [0.05, 0.1) is 10.9 Å². The molecule has 10 heteroatoms. The maximum absolute atomic E-state index is 14.9. The lowest BCUT2D eigenvalue weighted by Crippen LogP contribution is -2.51. The van der Waals surface area contributed by atoms with Crippen molar-refractivity contribution in [2.75, 3.05) is 6.54 Å². The van der Waals surface area contributed by atoms with Crippen molar-refractivity contribution in [3.05, 3.63) is 69.5 Å². The van der Waals surface area contributed by atoms with E-state index in [0.29, 0.717) is 70.4 Å². The summed E-state index contributed by atoms with van der Waals surface area (Å²) in [7, 11) is 0. The van der Waals surface area contributed by atoms with Crippen LogP contribution in [-0.2, 0) is 33.5 Å². The van der Waals surface area contributed by atoms with Gasteiger partial charge < -0.3 is 10.0 Å². The van der Waals surface area contributed by atoms with Crippen molar-refractivity contribution in [2.45, 2.75) is 81.6 Å². The Bertz CT molecular complexity index is 1320. The second-order valence-electron chi connectivity index (χ2n) is 11.7. The minimum Gasteiger partial charge on any atom is -0.481 e. The van der Waals surface area contributed by atoms with Crippen molar-refractivity contribution < 1.29 is 36.6 Å². The van der Waals surface area contributed by atoms with Crippen molar-refractivity contribution in [1.29, 1.82) is 0 Å². The number of fused-ring (bicyclic) bond motifs is 3. The molecule has 1 heterocycles. The van der Waals surface area contributed by atoms with Crippen LogP contribution in [-0.4, -0.2) is 40.6 Å². The van der Waals surface area contributed by atoms with Crippen molar-refractivity contribution in [3.63, 3.8) is 0 Å². The summed E-state index contributed by atoms with van der Waals surface area (Å²) >= 11 is 6.07. The number of nitrogens with zero attached hydrogens (tertiary/aromatic N) is 1. The maximum atomic E-state index is 14.9. The van der Waals surface area contributed by atoms with E-state index in [4.69, 9.17) is 11.6 Å². The second-order valence-corrected chi connectivity index (χ2v) is 12.1. The molecule has 1 N–H and O–H groups in total. The first-order valence-corrected chi connectivity index (χ1v) is 14.0. The summed E-state index contributed by atoms with van der Waals surface area (Å²) in [4.78, 5) is 27.0. The zero-order chi connectivity index (χ0) is 29.0. The van der Waals surface area contributed by atoms with E-state index in [0.717, 1.165) is 11.1 Å². The largest absolute Gasteiger partial charge is 0.481 e. The number of amides is 1. The van der Waals surface area contributed by atoms with E-state index in [1.807, 2.05) is 4.90 Å². The first-order chi connectivity index (χ1) is 18.7. The normalized spacial score (nSPS) is 28.0. The average Bonchev–Trinajstić information content (AvgIpc) is 3.28. The van der Waals surface area contributed by atoms with Crippen LogP contribution in [0.4, 0.5) is 22.0 Å². The molecule has 1 saturated carbocycles. The highest BCUT2D eigenvalue weighted by molar-refractivity contribution is 6.30. The van der Waals surface area contributed by atoms with Crippen LogP contribution in [0.1, 0.15) is 67.7 Å². The number of carbonyl (C=O) groups excluding carboxylic acids is 1. The highest BCUT2D eigenvalue weighted by Gasteiger charge is 2.56. The zero-order valence-corrected chi connectivity index (χ0v) is 22.8. The number of likely N-dealkylation sites (tertiary alicyclic amines) is 1. The number of rotatable bonds is 5. The van der Waals surface area contributed by atoms with Crippen molar-refractivity contribution in [1.82, 2.24) is 4.90 Å². The third-order valence-electron chi connectivity index (χ3n) is 9.43. The first kappa shape index (κ1) is 28.8. The molecule has 40 heavy (non-hydrogen) atoms. The van der Waals surface area contributed by atoms with Gasteiger partial charge in [-0.15, -0.1) is 0 Å². The summed E-state index contributed by atoms with van der Waals surface area (Å²) in [5.74, 6) is -2.17. The van der Waals surface area contributed by atoms with Gasteiger partial charge >= 0.3 is 12.1 Å². The quantitative estimate of drug-likeness (QED) is 0.381. The molecule has 0 radical (unpaired) electrons. The average molecular weight is 584 g/mol. The lowest BCUT2D eigenvalue weighted by Gasteiger charge is -2.45. The molecule has 2 fully saturated rings. The third kappa shape index (κ3) is 4.88. The minimum absolute atomic E-state index is 0.0265. The summed E-state index contributed by atoms with van der Waals surface area (Å²) in [6.07, 6.45) is -1.44. The Morgan fingerprint density at radius 1 is 1.02 bits per heavy atom. The van der Waals surface area contributed by atoms with Crippen molar-refractivity contribution in [2.24, 2.45) is 11.8 Å². The van der Waals surface area contributed by atoms with Gasteiger partial charge in [0.1, 0.15) is 5.82 Å². The predicted molar refractivity (Wildman–Crippen MR) is 139 cm³/mol. The highest BCUT2D eigenvalue weighted by Crippen LogP contribution is 2.51. The van der Waals surface area contributed by atoms with Gasteiger partial charge in [-0.25, -0.2) is 8.78 Å². The Morgan fingerprint density at radius 2 is 1.70 bits per heavy atom. The summed E-state index contributed by atoms with van der Waals surface area (Å²) in [6.45, 7) is 0.952. The summed E-state index contributed by atoms with van der Waals surface area (Å²) in [5, 5.41) is 9.29. The zero-order valence-electron chi connectivity index (χ0n) is 22.0. The lowest BCUT2D eigenvalue weighted by atomic mass is 9.63. The van der Waals surface area contributed by atoms with Gasteiger partial charge in [-0.2, -0.15) is 13.2 Å². The number of hydrogen-bond donors (Lipinski definition) is 1. The van der Waals surface area contributed by atoms with E-state index in [1.54, 1.807) is 12.1 Å². The predicted octanol–water partition coefficient (Wildman–Crippen LogP) is 7.14. The van der Waals surface area contributed by atoms with Crippen molar-refractivity contribution in [3.8, 4) is 0 Å². The number of hydrogen-bond acceptors (Lipinski definition) is 2. The number of carboxylic acid groups (broad SMARTS) is 1. The molecule has 3 unspecified atom stereocenters. The second kappa shape index (κ2) is 10.3. The van der Waals surface area contributed by atoms with E-state index in [1.165, 1.54) is 24.3 Å². The van der Waals surface area contributed by atoms with Crippen LogP contribution >= 0.6 is 11.6 Å². The molecule has 5 rings (SSSR count). The number of carbonyl (C=O) groups is 2. The van der Waals surface area contributed by atoms with Gasteiger partial charge in [-0.05, 0) is 92.7 Å². The van der Waals surface area contributed by atoms with Gasteiger partial charge in [0.2, 0.25) is 11.6 Å². The van der Waals surface area contributed by atoms with Crippen LogP contribution in [0.15, 0.2) is 36.4 Å². The molecule has 3 aliphatic rings. The molecule has 216 valence electrons. The van der Waals surface area contributed by atoms with Gasteiger partial charge in [-0.3, -0.25) is 9.59 Å². The molecule has 1 aliphatic heterocycles. The van der Waals surface area contributed by atoms with Gasteiger partial charge in [-0.1, -0.05) is 35.9 Å². The van der Waals surface area contributed by atoms with Crippen molar-refractivity contribution >= 4 is 23.5 Å². The molecule has 3 atom stereocenters. The number of benzene rings is 2. The summed E-state index contributed by atoms with van der Waals surface area (Å²) < 4.78 is 69.3. The Labute approximate surface area is 234 Å². The topological polar surface area (TPSA) is 57.6 Å². The van der Waals surface area contributed by atoms with Gasteiger partial charge in [0.15, 0.2) is 0 Å². The fraction of sp³-hybridized carbons (Fsp3) is 0.533. The molecular weight excluding hydrogens is 553 g/mol. The SMILES string of the molecule is CC(F)(c1ccc2c(c1)CCC1N(C(=O)[C@H]3CC[C@H](C(=O)O)CC3)CCC21Cc1ccc(F)c(Cl)c1)C(F)(F)F. The van der Waals surface area contributed by atoms with Gasteiger partial charge in [0, 0.05) is 23.9 Å².